The van der Waals surface area contributed by atoms with Crippen molar-refractivity contribution < 1.29 is 24.2 Å². The number of nitrogens with zero attached hydrogens (tertiary/aromatic N) is 3. The largest absolute Gasteiger partial charge is 0.494 e. The van der Waals surface area contributed by atoms with E-state index < -0.39 is 5.97 Å². The van der Waals surface area contributed by atoms with Crippen LogP contribution in [0.25, 0.3) is 0 Å². The number of aliphatic carboxylic acids is 1. The molecule has 0 bridgehead atoms. The Labute approximate surface area is 1110 Å². The van der Waals surface area contributed by atoms with Gasteiger partial charge in [-0.1, -0.05) is 67.2 Å². The van der Waals surface area contributed by atoms with Gasteiger partial charge in [-0.2, -0.15) is 0 Å². The van der Waals surface area contributed by atoms with Crippen LogP contribution in [0.3, 0.4) is 0 Å². The molecule has 10 nitrogen and oxygen atoms in total. The first-order valence-corrected chi connectivity index (χ1v) is 154. The second-order valence-corrected chi connectivity index (χ2v) is 176. The lowest BCUT2D eigenvalue weighted by Crippen LogP contribution is -2.11. The number of aromatic nitrogens is 3. The Bertz CT molecular complexity index is 9160. The molecule has 4 aromatic rings. The number of ether oxygens (including phenoxy) is 2. The van der Waals surface area contributed by atoms with Crippen LogP contribution in [-0.2, 0) is 845 Å². The van der Waals surface area contributed by atoms with Crippen LogP contribution in [0.5, 0.6) is 11.5 Å². The summed E-state index contributed by atoms with van der Waals surface area (Å²) in [7, 11) is 159. The number of anilines is 2. The fraction of sp³-hybridized carbons (Fsp3) is 0.303. The van der Waals surface area contributed by atoms with E-state index in [1.54, 1.807) is 231 Å². The summed E-state index contributed by atoms with van der Waals surface area (Å²) < 4.78 is 13.2. The molecule has 2 aromatic heterocycles. The van der Waals surface area contributed by atoms with Crippen LogP contribution in [-0.4, -0.2) is 45.1 Å². The number of hydrogen-bond acceptors (Lipinski definition) is 12. The molecule has 0 fully saturated rings. The maximum Gasteiger partial charge on any atom is 0.303 e. The van der Waals surface area contributed by atoms with Gasteiger partial charge in [0.15, 0.2) is 0 Å². The van der Waals surface area contributed by atoms with E-state index in [1.165, 1.54) is 47.9 Å². The molecule has 0 saturated heterocycles. The number of nitrogens with two attached hydrogens (primary N) is 1. The average molecular weight is 3800 g/mol. The van der Waals surface area contributed by atoms with Crippen molar-refractivity contribution in [1.29, 1.82) is 0 Å². The Morgan fingerprint density at radius 3 is 0.686 bits per heavy atom. The predicted molar refractivity (Wildman–Crippen MR) is 878 cm³/mol. The SMILES string of the molecule is Nc1cc(Cl)ncn1.O=C(CCCCCOc1cccc(Br)c1)Nc1ccnc(Cl)c1.O=C(O)CCCCCOc1cccc(Br)c1.S=S=S=S=S=S=S=S=S=S=S=S=S=S=S=S=S=S=S=S=S=S=S=S=S=S=S=S=S=S=S=S=S=S=S=S=S=S.S=S=S=S=S=S=S=S=S=S=S=S=S=S=S=S=S=S=S=S=S=S=S=S=S=S=S=S=S=S=S=S=S=S=S=S=S=S=S=S=S=S=S=S=S=S=S=S=S=S=S=S=S=S=S. The zero-order chi connectivity index (χ0) is 101. The van der Waals surface area contributed by atoms with E-state index in [4.69, 9.17) is 88.3 Å². The standard InChI is InChI=1S/C17H18BrClN2O2.C12H15BrO3.C4H4ClN3.S55.S38/c18-13-5-4-6-15(11-13)23-10-3-1-2-7-17(22)21-14-8-9-20-16(19)12-14;13-10-5-4-6-11(9-10)16-8-3-1-2-7-12(14)15;5-3-1-4(6)8-2-7-3;1-3-5-7-9-11-13-15-17-19-21-23-25-27-29-31-33-35-37-39-41-43-45-47-49-51-53-55-54-52-50-48-46-44-42-40-38-36-34-32-30-28-26-24-22-20-18-16-14-12-10-8-6-4-2;1-3-5-7-9-11-13-15-17-19-21-23-25-27-29-31-33-35-37-38-36-34-32-30-28-26-24-22-20-18-16-14-12-10-8-6-4-2/h4-6,8-9,11-12H,1-3,7,10H2,(H,20,21,22);4-6,9H,1-3,7-8H2,(H,14,15);1-2H,(H2,6,7,8);;. The molecule has 2 aromatic carbocycles. The van der Waals surface area contributed by atoms with Gasteiger partial charge in [0, 0.05) is 875 Å². The Kier molecular flexibility index (Phi) is 154. The Hall–Kier alpha value is 17.0. The molecule has 140 heavy (non-hydrogen) atoms. The van der Waals surface area contributed by atoms with Gasteiger partial charge in [0.25, 0.3) is 0 Å². The summed E-state index contributed by atoms with van der Waals surface area (Å²) >= 11 is 37.2. The number of pyridine rings is 1. The fourth-order valence-corrected chi connectivity index (χ4v) is 239. The Balaban J connectivity index is 0.00000194. The zero-order valence-corrected chi connectivity index (χ0v) is 144. The second kappa shape index (κ2) is 138. The minimum atomic E-state index is -0.729. The molecule has 0 spiro atoms. The molecule has 0 atom stereocenters. The second-order valence-electron chi connectivity index (χ2n) is 15.9. The number of carbonyl (C=O) groups is 2. The highest BCUT2D eigenvalue weighted by atomic mass is 79.9. The van der Waals surface area contributed by atoms with E-state index in [-0.39, 0.29) is 12.3 Å². The van der Waals surface area contributed by atoms with Crippen molar-refractivity contribution in [2.45, 2.75) is 51.4 Å². The summed E-state index contributed by atoms with van der Waals surface area (Å²) in [6.45, 7) is 1.29. The molecule has 0 aliphatic rings. The van der Waals surface area contributed by atoms with Crippen molar-refractivity contribution >= 4 is 914 Å². The third-order valence-corrected chi connectivity index (χ3v) is 203. The number of carboxylic acids is 1. The quantitative estimate of drug-likeness (QED) is 0.0591. The molecule has 4 rings (SSSR count). The van der Waals surface area contributed by atoms with Crippen molar-refractivity contribution in [2.24, 2.45) is 0 Å². The van der Waals surface area contributed by atoms with Crippen LogP contribution in [0.1, 0.15) is 51.4 Å². The van der Waals surface area contributed by atoms with Gasteiger partial charge in [-0.15, -0.1) is 0 Å². The minimum Gasteiger partial charge on any atom is -0.494 e. The monoisotopic (exact) mass is 3780 g/mol. The molecule has 1 amide bonds. The number of unbranched alkanes of at least 4 members (excludes halogenated alkanes) is 4. The number of halogens is 4. The third-order valence-electron chi connectivity index (χ3n) is 8.29. The predicted octanol–water partition coefficient (Wildman–Crippen LogP) is 9.04. The van der Waals surface area contributed by atoms with Crippen LogP contribution in [0.2, 0.25) is 10.3 Å². The molecule has 0 unspecified atom stereocenters. The van der Waals surface area contributed by atoms with Gasteiger partial charge in [0.2, 0.25) is 5.91 Å². The summed E-state index contributed by atoms with van der Waals surface area (Å²) in [6, 6.07) is 20.3. The van der Waals surface area contributed by atoms with Crippen LogP contribution < -0.4 is 20.5 Å². The topological polar surface area (TPSA) is 150 Å². The lowest BCUT2D eigenvalue weighted by Gasteiger charge is -2.07. The maximum absolute atomic E-state index is 11.8. The Morgan fingerprint density at radius 1 is 0.286 bits per heavy atom. The first-order valence-electron chi connectivity index (χ1n) is 29.9. The molecular formula is C33H37Br2Cl2N5O5S93. The summed E-state index contributed by atoms with van der Waals surface area (Å²) in [5.74, 6) is 1.34. The number of carboxylic acid groups (broad SMARTS) is 1. The smallest absolute Gasteiger partial charge is 0.303 e. The maximum atomic E-state index is 11.8. The Morgan fingerprint density at radius 2 is 0.500 bits per heavy atom. The van der Waals surface area contributed by atoms with Crippen molar-refractivity contribution in [3.05, 3.63) is 98.5 Å². The van der Waals surface area contributed by atoms with Crippen LogP contribution in [0.15, 0.2) is 88.2 Å². The van der Waals surface area contributed by atoms with Gasteiger partial charge < -0.3 is 25.6 Å². The molecule has 810 valence electrons. The van der Waals surface area contributed by atoms with E-state index in [1.807, 2.05) is 590 Å². The van der Waals surface area contributed by atoms with Gasteiger partial charge in [-0.05, 0) is 87.1 Å². The first-order chi connectivity index (χ1) is 68.9. The highest BCUT2D eigenvalue weighted by Crippen LogP contribution is 2.20. The first kappa shape index (κ1) is 157. The average Bonchev–Trinajstić information content (AvgIpc) is 0.940. The van der Waals surface area contributed by atoms with Gasteiger partial charge in [0.05, 0.1) is 13.2 Å². The number of amides is 1. The molecule has 0 saturated carbocycles. The number of rotatable bonds is 15. The van der Waals surface area contributed by atoms with E-state index in [0.717, 1.165) is 59.0 Å². The summed E-state index contributed by atoms with van der Waals surface area (Å²) in [6.07, 6.45) is 8.80. The molecule has 2 heterocycles. The molecular weight excluding hydrogens is 3760 g/mol. The number of nitrogen functional groups attached to an aromatic ring is 1. The minimum absolute atomic E-state index is 0.0137. The van der Waals surface area contributed by atoms with Crippen LogP contribution in [0.4, 0.5) is 11.5 Å². The molecule has 0 radical (unpaired) electrons. The zero-order valence-electron chi connectivity index (χ0n) is 63.6. The normalized spacial score (nSPS) is 8.51. The van der Waals surface area contributed by atoms with Crippen LogP contribution in [0, 0.1) is 0 Å². The number of carbonyl (C=O) groups excluding carboxylic acids is 1. The lowest BCUT2D eigenvalue weighted by molar-refractivity contribution is -0.137. The number of nitrogens with one attached hydrogen (secondary N) is 1. The highest BCUT2D eigenvalue weighted by molar-refractivity contribution is 9.11. The van der Waals surface area contributed by atoms with Crippen molar-refractivity contribution in [1.82, 2.24) is 15.0 Å². The van der Waals surface area contributed by atoms with Gasteiger partial charge in [-0.3, -0.25) is 9.59 Å². The van der Waals surface area contributed by atoms with E-state index >= 15 is 0 Å². The van der Waals surface area contributed by atoms with E-state index in [0.29, 0.717) is 41.4 Å². The lowest BCUT2D eigenvalue weighted by atomic mass is 10.2. The molecule has 107 heteroatoms. The van der Waals surface area contributed by atoms with Crippen molar-refractivity contribution in [2.75, 3.05) is 24.3 Å². The summed E-state index contributed by atoms with van der Waals surface area (Å²) in [5, 5.41) is 12.0. The number of hydrogen-bond donors (Lipinski definition) is 3. The van der Waals surface area contributed by atoms with E-state index in [9.17, 15) is 9.59 Å². The van der Waals surface area contributed by atoms with E-state index in [2.05, 4.69) is 52.1 Å². The highest BCUT2D eigenvalue weighted by Gasteiger charge is 2.04. The van der Waals surface area contributed by atoms with Gasteiger partial charge >= 0.3 is 5.97 Å². The summed E-state index contributed by atoms with van der Waals surface area (Å²) in [4.78, 5) is 33.2. The number of benzene rings is 2. The van der Waals surface area contributed by atoms with Gasteiger partial charge in [0.1, 0.15) is 34.0 Å². The molecule has 0 aliphatic heterocycles. The van der Waals surface area contributed by atoms with Crippen molar-refractivity contribution in [3.8, 4) is 11.5 Å². The van der Waals surface area contributed by atoms with Gasteiger partial charge in [-0.25, -0.2) is 15.0 Å². The third kappa shape index (κ3) is 133. The molecule has 0 aliphatic carbocycles. The summed E-state index contributed by atoms with van der Waals surface area (Å²) in [5.41, 5.74) is 5.90. The fourth-order valence-electron chi connectivity index (χ4n) is 4.63. The molecule has 4 N–H and O–H groups in total. The van der Waals surface area contributed by atoms with Crippen molar-refractivity contribution in [3.63, 3.8) is 0 Å². The van der Waals surface area contributed by atoms with Crippen LogP contribution >= 0.6 is 55.1 Å².